The summed E-state index contributed by atoms with van der Waals surface area (Å²) in [5.41, 5.74) is 30.1. The summed E-state index contributed by atoms with van der Waals surface area (Å²) in [7, 11) is 0. The molecule has 0 aliphatic carbocycles. The third kappa shape index (κ3) is 15.0. The number of rotatable bonds is 11. The SMILES string of the molecule is Cc1ccc(-c2c3ccccc3c(-c3cc(-c4ccc(-c5cccc6ccccc56)cc4)cc4ccccc34)c3ccccc23)cc1.Cc1ccc(-c2cc(-c3c4ccccc4c(-c4ccc5ccccc5c4)c4ccccc34)c3ccccc3c2)cc1.c1ccc2cc(-c3c4ccccc4c(-c4cc(-c5ccc(-c6cc7ccccc7c7ccccc67)cc5)cc5ccccc45)c4ccccc34)ccc2c1. The molecule has 0 nitrogen and oxygen atoms in total. The molecule has 28 aromatic rings. The Morgan fingerprint density at radius 2 is 0.310 bits per heavy atom. The summed E-state index contributed by atoms with van der Waals surface area (Å²) in [6.45, 7) is 4.29. The number of hydrogen-bond donors (Lipinski definition) is 0. The predicted octanol–water partition coefficient (Wildman–Crippen LogP) is 40.2. The zero-order valence-corrected chi connectivity index (χ0v) is 78.8. The quantitative estimate of drug-likeness (QED) is 0.0894. The lowest BCUT2D eigenvalue weighted by Crippen LogP contribution is -1.92. The molecule has 662 valence electrons. The Morgan fingerprint density at radius 1 is 0.0915 bits per heavy atom. The lowest BCUT2D eigenvalue weighted by molar-refractivity contribution is 1.47. The smallest absolute Gasteiger partial charge is 0.00199 e. The molecular formula is C142H94. The van der Waals surface area contributed by atoms with Crippen molar-refractivity contribution < 1.29 is 0 Å². The van der Waals surface area contributed by atoms with Crippen molar-refractivity contribution in [2.75, 3.05) is 0 Å². The van der Waals surface area contributed by atoms with Gasteiger partial charge in [-0.25, -0.2) is 0 Å². The second-order valence-corrected chi connectivity index (χ2v) is 38.0. The highest BCUT2D eigenvalue weighted by Crippen LogP contribution is 2.53. The molecule has 0 fully saturated rings. The Labute approximate surface area is 825 Å². The summed E-state index contributed by atoms with van der Waals surface area (Å²) < 4.78 is 0. The van der Waals surface area contributed by atoms with Gasteiger partial charge in [-0.15, -0.1) is 0 Å². The molecule has 0 heterocycles. The number of aryl methyl sites for hydroxylation is 2. The van der Waals surface area contributed by atoms with Gasteiger partial charge in [-0.1, -0.05) is 490 Å². The summed E-state index contributed by atoms with van der Waals surface area (Å²) in [5.74, 6) is 0. The van der Waals surface area contributed by atoms with Crippen molar-refractivity contribution in [1.29, 1.82) is 0 Å². The number of hydrogen-bond acceptors (Lipinski definition) is 0. The van der Waals surface area contributed by atoms with E-state index < -0.39 is 0 Å². The van der Waals surface area contributed by atoms with E-state index in [1.807, 2.05) is 0 Å². The van der Waals surface area contributed by atoms with Crippen LogP contribution in [0.25, 0.3) is 273 Å². The maximum atomic E-state index is 2.42. The van der Waals surface area contributed by atoms with Crippen LogP contribution in [0, 0.1) is 13.8 Å². The molecule has 0 saturated carbocycles. The van der Waals surface area contributed by atoms with Crippen LogP contribution in [0.15, 0.2) is 534 Å². The molecule has 28 rings (SSSR count). The zero-order chi connectivity index (χ0) is 94.2. The Hall–Kier alpha value is -18.2. The molecule has 0 heteroatoms. The Morgan fingerprint density at radius 3 is 0.662 bits per heavy atom. The maximum Gasteiger partial charge on any atom is -0.00199 e. The Balaban J connectivity index is 0.000000110. The van der Waals surface area contributed by atoms with Gasteiger partial charge in [0.25, 0.3) is 0 Å². The van der Waals surface area contributed by atoms with Crippen molar-refractivity contribution in [3.63, 3.8) is 0 Å². The van der Waals surface area contributed by atoms with Crippen LogP contribution in [0.3, 0.4) is 0 Å². The van der Waals surface area contributed by atoms with E-state index in [0.717, 1.165) is 0 Å². The van der Waals surface area contributed by atoms with Crippen LogP contribution >= 0.6 is 0 Å². The first-order valence-corrected chi connectivity index (χ1v) is 49.4. The molecule has 0 N–H and O–H groups in total. The van der Waals surface area contributed by atoms with Crippen molar-refractivity contribution in [3.05, 3.63) is 545 Å². The fourth-order valence-corrected chi connectivity index (χ4v) is 22.9. The van der Waals surface area contributed by atoms with Crippen molar-refractivity contribution in [2.45, 2.75) is 13.8 Å². The van der Waals surface area contributed by atoms with E-state index in [2.05, 4.69) is 548 Å². The van der Waals surface area contributed by atoms with Crippen LogP contribution in [-0.2, 0) is 0 Å². The molecule has 0 spiro atoms. The lowest BCUT2D eigenvalue weighted by Gasteiger charge is -2.20. The highest BCUT2D eigenvalue weighted by atomic mass is 14.3. The van der Waals surface area contributed by atoms with Gasteiger partial charge >= 0.3 is 0 Å². The van der Waals surface area contributed by atoms with Crippen LogP contribution in [-0.4, -0.2) is 0 Å². The molecule has 0 saturated heterocycles. The summed E-state index contributed by atoms with van der Waals surface area (Å²) >= 11 is 0. The lowest BCUT2D eigenvalue weighted by atomic mass is 9.83. The number of fused-ring (bicyclic) bond motifs is 15. The van der Waals surface area contributed by atoms with Crippen molar-refractivity contribution in [2.24, 2.45) is 0 Å². The van der Waals surface area contributed by atoms with Crippen LogP contribution in [0.4, 0.5) is 0 Å². The first-order valence-electron chi connectivity index (χ1n) is 49.4. The van der Waals surface area contributed by atoms with Gasteiger partial charge in [0.15, 0.2) is 0 Å². The van der Waals surface area contributed by atoms with E-state index in [1.54, 1.807) is 0 Å². The fraction of sp³-hybridized carbons (Fsp3) is 0.0141. The monoisotopic (exact) mass is 1800 g/mol. The van der Waals surface area contributed by atoms with Gasteiger partial charge < -0.3 is 0 Å². The predicted molar refractivity (Wildman–Crippen MR) is 614 cm³/mol. The molecule has 0 aliphatic heterocycles. The third-order valence-electron chi connectivity index (χ3n) is 29.6. The third-order valence-corrected chi connectivity index (χ3v) is 29.6. The summed E-state index contributed by atoms with van der Waals surface area (Å²) in [6, 6.07) is 197. The minimum Gasteiger partial charge on any atom is -0.0616 e. The van der Waals surface area contributed by atoms with Gasteiger partial charge in [-0.2, -0.15) is 0 Å². The molecule has 0 atom stereocenters. The summed E-state index contributed by atoms with van der Waals surface area (Å²) in [6.07, 6.45) is 0. The van der Waals surface area contributed by atoms with Crippen LogP contribution in [0.1, 0.15) is 11.1 Å². The standard InChI is InChI=1S/C54H34.C47H32.C41H28/c1-2-14-38-31-41(30-27-35(38)13-1)53-47-21-9-11-23-49(47)54(50-24-12-10-22-48(50)53)52-34-42(32-39-15-3-6-18-44(39)52)36-25-28-37(29-26-36)51-33-40-16-4-5-17-43(40)45-19-7-8-20-46(45)51;1-31-21-23-35(24-22-31)46-41-16-6-8-18-43(41)47(44-19-9-7-17-42(44)46)45-30-37(29-36-12-3-5-15-40(36)45)32-25-27-34(28-26-32)39-20-10-13-33-11-2-4-14-38(33)39;1-27-18-20-29(21-19-27)33-25-31-12-4-5-13-34(31)39(26-33)41-37-16-8-6-14-35(37)40(36-15-7-9-17-38(36)41)32-23-22-28-10-2-3-11-30(28)24-32/h1-34H;2-30H,1H3;2-26H,1H3. The maximum absolute atomic E-state index is 2.42. The van der Waals surface area contributed by atoms with E-state index in [1.165, 1.54) is 284 Å². The molecule has 142 heavy (non-hydrogen) atoms. The van der Waals surface area contributed by atoms with Crippen LogP contribution < -0.4 is 0 Å². The van der Waals surface area contributed by atoms with Gasteiger partial charge in [-0.05, 0) is 342 Å². The molecule has 28 aromatic carbocycles. The van der Waals surface area contributed by atoms with Gasteiger partial charge in [-0.3, -0.25) is 0 Å². The van der Waals surface area contributed by atoms with Gasteiger partial charge in [0.05, 0.1) is 0 Å². The Kier molecular flexibility index (Phi) is 21.2. The molecule has 0 bridgehead atoms. The molecule has 0 aliphatic rings. The van der Waals surface area contributed by atoms with Gasteiger partial charge in [0.1, 0.15) is 0 Å². The van der Waals surface area contributed by atoms with Crippen LogP contribution in [0.2, 0.25) is 0 Å². The van der Waals surface area contributed by atoms with Gasteiger partial charge in [0.2, 0.25) is 0 Å². The van der Waals surface area contributed by atoms with Crippen molar-refractivity contribution in [1.82, 2.24) is 0 Å². The average Bonchev–Trinajstić information content (AvgIpc) is 0.598. The molecule has 0 unspecified atom stereocenters. The van der Waals surface area contributed by atoms with E-state index in [0.29, 0.717) is 0 Å². The van der Waals surface area contributed by atoms with Gasteiger partial charge in [0, 0.05) is 0 Å². The van der Waals surface area contributed by atoms with E-state index in [-0.39, 0.29) is 0 Å². The highest BCUT2D eigenvalue weighted by Gasteiger charge is 2.25. The normalized spacial score (nSPS) is 11.6. The molecule has 0 aromatic heterocycles. The Bertz CT molecular complexity index is 9730. The second kappa shape index (κ2) is 35.7. The van der Waals surface area contributed by atoms with E-state index in [9.17, 15) is 0 Å². The fourth-order valence-electron chi connectivity index (χ4n) is 22.9. The minimum atomic E-state index is 1.21. The first-order chi connectivity index (χ1) is 70.2. The first kappa shape index (κ1) is 84.3. The number of benzene rings is 28. The van der Waals surface area contributed by atoms with E-state index in [4.69, 9.17) is 0 Å². The average molecular weight is 1800 g/mol. The largest absolute Gasteiger partial charge is 0.0616 e. The highest BCUT2D eigenvalue weighted by molar-refractivity contribution is 6.28. The molecule has 0 radical (unpaired) electrons. The zero-order valence-electron chi connectivity index (χ0n) is 78.8. The molecule has 0 amide bonds. The topological polar surface area (TPSA) is 0 Å². The van der Waals surface area contributed by atoms with Crippen molar-refractivity contribution in [3.8, 4) is 122 Å². The molecular weight excluding hydrogens is 1710 g/mol. The minimum absolute atomic E-state index is 1.21. The summed E-state index contributed by atoms with van der Waals surface area (Å²) in [5, 5.41) is 35.5. The van der Waals surface area contributed by atoms with E-state index >= 15 is 0 Å². The van der Waals surface area contributed by atoms with Crippen LogP contribution in [0.5, 0.6) is 0 Å². The van der Waals surface area contributed by atoms with Crippen molar-refractivity contribution >= 4 is 151 Å². The summed E-state index contributed by atoms with van der Waals surface area (Å²) in [4.78, 5) is 0. The second-order valence-electron chi connectivity index (χ2n) is 38.0.